The predicted molar refractivity (Wildman–Crippen MR) is 75.2 cm³/mol. The molecule has 1 aliphatic heterocycles. The average molecular weight is 265 g/mol. The maximum atomic E-state index is 12.5. The van der Waals surface area contributed by atoms with E-state index in [0.717, 1.165) is 18.4 Å². The molecule has 3 nitrogen and oxygen atoms in total. The molecule has 0 radical (unpaired) electrons. The SMILES string of the molecule is O=C1c2ccccc2C(O)N1C1Cc2ccccc2C1. The molecular formula is C17H15NO2. The number of hydrogen-bond donors (Lipinski definition) is 1. The van der Waals surface area contributed by atoms with E-state index < -0.39 is 6.23 Å². The third-order valence-corrected chi connectivity index (χ3v) is 4.39. The van der Waals surface area contributed by atoms with E-state index in [1.165, 1.54) is 11.1 Å². The van der Waals surface area contributed by atoms with Crippen molar-refractivity contribution in [3.05, 3.63) is 70.8 Å². The zero-order valence-electron chi connectivity index (χ0n) is 11.0. The van der Waals surface area contributed by atoms with Crippen molar-refractivity contribution in [3.63, 3.8) is 0 Å². The minimum absolute atomic E-state index is 0.0501. The van der Waals surface area contributed by atoms with Gasteiger partial charge in [-0.3, -0.25) is 4.79 Å². The van der Waals surface area contributed by atoms with Crippen LogP contribution in [0.5, 0.6) is 0 Å². The number of amides is 1. The number of hydrogen-bond acceptors (Lipinski definition) is 2. The zero-order chi connectivity index (χ0) is 13.7. The monoisotopic (exact) mass is 265 g/mol. The molecule has 0 spiro atoms. The van der Waals surface area contributed by atoms with Gasteiger partial charge in [-0.2, -0.15) is 0 Å². The molecule has 0 aromatic heterocycles. The highest BCUT2D eigenvalue weighted by atomic mass is 16.3. The van der Waals surface area contributed by atoms with Crippen LogP contribution in [-0.2, 0) is 12.8 Å². The second-order valence-corrected chi connectivity index (χ2v) is 5.50. The van der Waals surface area contributed by atoms with Crippen molar-refractivity contribution in [2.45, 2.75) is 25.1 Å². The van der Waals surface area contributed by atoms with Crippen molar-refractivity contribution < 1.29 is 9.90 Å². The Morgan fingerprint density at radius 1 is 0.950 bits per heavy atom. The zero-order valence-corrected chi connectivity index (χ0v) is 11.0. The molecule has 4 rings (SSSR count). The Hall–Kier alpha value is -2.13. The van der Waals surface area contributed by atoms with Gasteiger partial charge in [0, 0.05) is 17.2 Å². The van der Waals surface area contributed by atoms with Gasteiger partial charge >= 0.3 is 0 Å². The number of carbonyl (C=O) groups is 1. The van der Waals surface area contributed by atoms with Crippen molar-refractivity contribution in [2.24, 2.45) is 0 Å². The van der Waals surface area contributed by atoms with Gasteiger partial charge in [0.1, 0.15) is 0 Å². The van der Waals surface area contributed by atoms with E-state index in [1.54, 1.807) is 11.0 Å². The first-order valence-corrected chi connectivity index (χ1v) is 6.92. The summed E-state index contributed by atoms with van der Waals surface area (Å²) in [7, 11) is 0. The largest absolute Gasteiger partial charge is 0.369 e. The predicted octanol–water partition coefficient (Wildman–Crippen LogP) is 2.30. The van der Waals surface area contributed by atoms with Crippen molar-refractivity contribution in [2.75, 3.05) is 0 Å². The Balaban J connectivity index is 1.68. The average Bonchev–Trinajstić information content (AvgIpc) is 3.00. The van der Waals surface area contributed by atoms with E-state index in [1.807, 2.05) is 30.3 Å². The van der Waals surface area contributed by atoms with Crippen molar-refractivity contribution in [3.8, 4) is 0 Å². The number of benzene rings is 2. The molecular weight excluding hydrogens is 250 g/mol. The second-order valence-electron chi connectivity index (χ2n) is 5.50. The number of nitrogens with zero attached hydrogens (tertiary/aromatic N) is 1. The smallest absolute Gasteiger partial charge is 0.256 e. The summed E-state index contributed by atoms with van der Waals surface area (Å²) in [6.07, 6.45) is 0.845. The molecule has 2 aromatic rings. The van der Waals surface area contributed by atoms with Crippen molar-refractivity contribution in [1.29, 1.82) is 0 Å². The summed E-state index contributed by atoms with van der Waals surface area (Å²) in [6, 6.07) is 15.7. The third-order valence-electron chi connectivity index (χ3n) is 4.39. The number of carbonyl (C=O) groups excluding carboxylic acids is 1. The summed E-state index contributed by atoms with van der Waals surface area (Å²) < 4.78 is 0. The third kappa shape index (κ3) is 1.53. The molecule has 2 aliphatic rings. The maximum Gasteiger partial charge on any atom is 0.256 e. The van der Waals surface area contributed by atoms with Crippen molar-refractivity contribution >= 4 is 5.91 Å². The number of fused-ring (bicyclic) bond motifs is 2. The van der Waals surface area contributed by atoms with Gasteiger partial charge in [-0.1, -0.05) is 42.5 Å². The second kappa shape index (κ2) is 4.18. The fourth-order valence-electron chi connectivity index (χ4n) is 3.41. The van der Waals surface area contributed by atoms with Crippen LogP contribution in [-0.4, -0.2) is 22.0 Å². The van der Waals surface area contributed by atoms with E-state index in [4.69, 9.17) is 0 Å². The van der Waals surface area contributed by atoms with Crippen LogP contribution in [0.3, 0.4) is 0 Å². The summed E-state index contributed by atoms with van der Waals surface area (Å²) in [4.78, 5) is 14.2. The number of aliphatic hydroxyl groups is 1. The molecule has 0 saturated carbocycles. The van der Waals surface area contributed by atoms with Gasteiger partial charge in [-0.05, 0) is 30.0 Å². The topological polar surface area (TPSA) is 40.5 Å². The Labute approximate surface area is 117 Å². The lowest BCUT2D eigenvalue weighted by atomic mass is 10.1. The van der Waals surface area contributed by atoms with Crippen LogP contribution in [0, 0.1) is 0 Å². The normalized spacial score (nSPS) is 21.1. The Morgan fingerprint density at radius 3 is 2.20 bits per heavy atom. The van der Waals surface area contributed by atoms with Gasteiger partial charge in [-0.25, -0.2) is 0 Å². The lowest BCUT2D eigenvalue weighted by molar-refractivity contribution is -0.00125. The molecule has 3 heteroatoms. The van der Waals surface area contributed by atoms with E-state index in [9.17, 15) is 9.90 Å². The molecule has 1 heterocycles. The first-order chi connectivity index (χ1) is 9.75. The van der Waals surface area contributed by atoms with Crippen LogP contribution in [0.15, 0.2) is 48.5 Å². The van der Waals surface area contributed by atoms with Gasteiger partial charge in [0.25, 0.3) is 5.91 Å². The molecule has 1 unspecified atom stereocenters. The molecule has 0 bridgehead atoms. The highest BCUT2D eigenvalue weighted by molar-refractivity contribution is 5.99. The standard InChI is InChI=1S/C17H15NO2/c19-16-14-7-3-4-8-15(14)17(20)18(16)13-9-11-5-1-2-6-12(11)10-13/h1-8,13,16,19H,9-10H2. The Bertz CT molecular complexity index is 670. The van der Waals surface area contributed by atoms with Gasteiger partial charge in [0.2, 0.25) is 0 Å². The minimum atomic E-state index is -0.807. The molecule has 2 aromatic carbocycles. The van der Waals surface area contributed by atoms with E-state index in [0.29, 0.717) is 5.56 Å². The van der Waals surface area contributed by atoms with Crippen LogP contribution in [0.2, 0.25) is 0 Å². The first kappa shape index (κ1) is 11.7. The Morgan fingerprint density at radius 2 is 1.55 bits per heavy atom. The molecule has 1 amide bonds. The van der Waals surface area contributed by atoms with Crippen LogP contribution in [0.4, 0.5) is 0 Å². The molecule has 20 heavy (non-hydrogen) atoms. The van der Waals surface area contributed by atoms with Crippen LogP contribution >= 0.6 is 0 Å². The van der Waals surface area contributed by atoms with Crippen LogP contribution in [0.1, 0.15) is 33.3 Å². The summed E-state index contributed by atoms with van der Waals surface area (Å²) in [5.41, 5.74) is 3.94. The minimum Gasteiger partial charge on any atom is -0.369 e. The summed E-state index contributed by atoms with van der Waals surface area (Å²) >= 11 is 0. The molecule has 0 saturated heterocycles. The molecule has 1 atom stereocenters. The summed E-state index contributed by atoms with van der Waals surface area (Å²) in [5.74, 6) is -0.0501. The lowest BCUT2D eigenvalue weighted by Crippen LogP contribution is -2.38. The highest BCUT2D eigenvalue weighted by Crippen LogP contribution is 2.37. The summed E-state index contributed by atoms with van der Waals surface area (Å²) in [6.45, 7) is 0. The first-order valence-electron chi connectivity index (χ1n) is 6.92. The molecule has 1 N–H and O–H groups in total. The molecule has 0 fully saturated rings. The number of rotatable bonds is 1. The van der Waals surface area contributed by atoms with Crippen LogP contribution < -0.4 is 0 Å². The van der Waals surface area contributed by atoms with E-state index in [2.05, 4.69) is 12.1 Å². The van der Waals surface area contributed by atoms with Gasteiger partial charge in [0.05, 0.1) is 0 Å². The van der Waals surface area contributed by atoms with Gasteiger partial charge in [-0.15, -0.1) is 0 Å². The van der Waals surface area contributed by atoms with Gasteiger partial charge < -0.3 is 10.0 Å². The molecule has 100 valence electrons. The fraction of sp³-hybridized carbons (Fsp3) is 0.235. The van der Waals surface area contributed by atoms with Gasteiger partial charge in [0.15, 0.2) is 6.23 Å². The van der Waals surface area contributed by atoms with Crippen LogP contribution in [0.25, 0.3) is 0 Å². The highest BCUT2D eigenvalue weighted by Gasteiger charge is 2.41. The van der Waals surface area contributed by atoms with Crippen molar-refractivity contribution in [1.82, 2.24) is 4.90 Å². The van der Waals surface area contributed by atoms with E-state index >= 15 is 0 Å². The fourth-order valence-corrected chi connectivity index (χ4v) is 3.41. The Kier molecular flexibility index (Phi) is 2.44. The quantitative estimate of drug-likeness (QED) is 0.859. The number of aliphatic hydroxyl groups excluding tert-OH is 1. The lowest BCUT2D eigenvalue weighted by Gasteiger charge is -2.27. The molecule has 1 aliphatic carbocycles. The van der Waals surface area contributed by atoms with E-state index in [-0.39, 0.29) is 11.9 Å². The maximum absolute atomic E-state index is 12.5. The summed E-state index contributed by atoms with van der Waals surface area (Å²) in [5, 5.41) is 10.5.